The van der Waals surface area contributed by atoms with Gasteiger partial charge in [0.2, 0.25) is 6.20 Å². The van der Waals surface area contributed by atoms with Gasteiger partial charge in [-0.3, -0.25) is 10.1 Å². The van der Waals surface area contributed by atoms with E-state index in [0.717, 1.165) is 17.1 Å². The number of hydrogen-bond acceptors (Lipinski definition) is 4. The van der Waals surface area contributed by atoms with Crippen LogP contribution in [0.1, 0.15) is 5.69 Å². The van der Waals surface area contributed by atoms with Gasteiger partial charge in [-0.15, -0.1) is 0 Å². The third-order valence-electron chi connectivity index (χ3n) is 2.54. The first-order valence-corrected chi connectivity index (χ1v) is 5.21. The number of hydrogen-bond donors (Lipinski definition) is 1. The second-order valence-corrected chi connectivity index (χ2v) is 3.59. The van der Waals surface area contributed by atoms with Crippen LogP contribution in [0, 0.1) is 10.1 Å². The summed E-state index contributed by atoms with van der Waals surface area (Å²) in [5.74, 6) is 1.22. The summed E-state index contributed by atoms with van der Waals surface area (Å²) in [7, 11) is 3.11. The minimum absolute atomic E-state index is 0.511. The van der Waals surface area contributed by atoms with Crippen molar-refractivity contribution in [3.05, 3.63) is 40.2 Å². The highest BCUT2D eigenvalue weighted by Crippen LogP contribution is 2.35. The highest BCUT2D eigenvalue weighted by Gasteiger charge is 2.10. The van der Waals surface area contributed by atoms with E-state index in [9.17, 15) is 10.1 Å². The van der Waals surface area contributed by atoms with Gasteiger partial charge < -0.3 is 14.5 Å². The lowest BCUT2D eigenvalue weighted by atomic mass is 10.2. The number of aromatic nitrogens is 1. The molecule has 6 nitrogen and oxygen atoms in total. The van der Waals surface area contributed by atoms with Crippen molar-refractivity contribution in [3.8, 4) is 11.5 Å². The Morgan fingerprint density at radius 3 is 2.72 bits per heavy atom. The van der Waals surface area contributed by atoms with Gasteiger partial charge in [-0.1, -0.05) is 0 Å². The average molecular weight is 248 g/mol. The van der Waals surface area contributed by atoms with Crippen LogP contribution in [-0.2, 0) is 0 Å². The van der Waals surface area contributed by atoms with Crippen molar-refractivity contribution in [1.29, 1.82) is 0 Å². The molecule has 1 aromatic carbocycles. The van der Waals surface area contributed by atoms with E-state index in [1.54, 1.807) is 26.4 Å². The van der Waals surface area contributed by atoms with Crippen molar-refractivity contribution in [1.82, 2.24) is 4.98 Å². The number of nitrogens with one attached hydrogen (secondary N) is 1. The summed E-state index contributed by atoms with van der Waals surface area (Å²) in [6.45, 7) is 0. The zero-order valence-corrected chi connectivity index (χ0v) is 9.97. The van der Waals surface area contributed by atoms with Gasteiger partial charge in [0.1, 0.15) is 0 Å². The third-order valence-corrected chi connectivity index (χ3v) is 2.54. The number of nitrogens with zero attached hydrogens (tertiary/aromatic N) is 1. The number of H-pyrrole nitrogens is 1. The molecule has 2 aromatic rings. The number of nitro groups is 1. The molecule has 0 aliphatic rings. The highest BCUT2D eigenvalue weighted by atomic mass is 16.6. The van der Waals surface area contributed by atoms with Gasteiger partial charge in [0.25, 0.3) is 0 Å². The first kappa shape index (κ1) is 12.0. The minimum Gasteiger partial charge on any atom is -0.493 e. The Balaban J connectivity index is 2.53. The van der Waals surface area contributed by atoms with E-state index >= 15 is 0 Å². The number of rotatable bonds is 4. The van der Waals surface area contributed by atoms with Crippen LogP contribution in [0.5, 0.6) is 11.5 Å². The van der Waals surface area contributed by atoms with Gasteiger partial charge in [0.15, 0.2) is 11.5 Å². The number of aromatic amines is 1. The standard InChI is InChI=1S/C12H12N2O4/c1-17-11-4-3-10-9(12(11)18-2)7-8(13-10)5-6-14(15)16/h3-7,13H,1-2H3/b6-5+. The molecular weight excluding hydrogens is 236 g/mol. The second kappa shape index (κ2) is 4.79. The van der Waals surface area contributed by atoms with Crippen LogP contribution in [0.4, 0.5) is 0 Å². The van der Waals surface area contributed by atoms with Gasteiger partial charge in [-0.05, 0) is 18.2 Å². The van der Waals surface area contributed by atoms with Crippen molar-refractivity contribution >= 4 is 17.0 Å². The smallest absolute Gasteiger partial charge is 0.236 e. The molecule has 0 radical (unpaired) electrons. The zero-order chi connectivity index (χ0) is 13.1. The summed E-state index contributed by atoms with van der Waals surface area (Å²) in [5.41, 5.74) is 1.46. The molecule has 1 heterocycles. The molecule has 6 heteroatoms. The maximum Gasteiger partial charge on any atom is 0.236 e. The third kappa shape index (κ3) is 2.13. The first-order chi connectivity index (χ1) is 8.65. The van der Waals surface area contributed by atoms with Gasteiger partial charge in [0, 0.05) is 22.7 Å². The predicted molar refractivity (Wildman–Crippen MR) is 67.4 cm³/mol. The Kier molecular flexibility index (Phi) is 3.18. The molecular formula is C12H12N2O4. The molecule has 0 atom stereocenters. The lowest BCUT2D eigenvalue weighted by Gasteiger charge is -2.07. The van der Waals surface area contributed by atoms with Crippen LogP contribution >= 0.6 is 0 Å². The Bertz CT molecular complexity index is 616. The molecule has 0 fully saturated rings. The predicted octanol–water partition coefficient (Wildman–Crippen LogP) is 2.43. The van der Waals surface area contributed by atoms with Gasteiger partial charge >= 0.3 is 0 Å². The van der Waals surface area contributed by atoms with Crippen molar-refractivity contribution in [2.24, 2.45) is 0 Å². The van der Waals surface area contributed by atoms with E-state index in [0.29, 0.717) is 17.2 Å². The Morgan fingerprint density at radius 1 is 1.33 bits per heavy atom. The summed E-state index contributed by atoms with van der Waals surface area (Å²) in [6.07, 6.45) is 2.28. The van der Waals surface area contributed by atoms with Gasteiger partial charge in [0.05, 0.1) is 19.1 Å². The van der Waals surface area contributed by atoms with Crippen LogP contribution < -0.4 is 9.47 Å². The number of methoxy groups -OCH3 is 2. The molecule has 1 aromatic heterocycles. The molecule has 1 N–H and O–H groups in total. The number of benzene rings is 1. The maximum atomic E-state index is 10.3. The fraction of sp³-hybridized carbons (Fsp3) is 0.167. The quantitative estimate of drug-likeness (QED) is 0.665. The Hall–Kier alpha value is -2.50. The highest BCUT2D eigenvalue weighted by molar-refractivity contribution is 5.90. The summed E-state index contributed by atoms with van der Waals surface area (Å²) in [4.78, 5) is 12.8. The molecule has 0 aliphatic carbocycles. The van der Waals surface area contributed by atoms with Crippen LogP contribution in [0.15, 0.2) is 24.4 Å². The van der Waals surface area contributed by atoms with E-state index in [1.165, 1.54) is 6.08 Å². The normalized spacial score (nSPS) is 11.0. The first-order valence-electron chi connectivity index (χ1n) is 5.21. The lowest BCUT2D eigenvalue weighted by Crippen LogP contribution is -1.90. The van der Waals surface area contributed by atoms with Crippen molar-refractivity contribution in [3.63, 3.8) is 0 Å². The molecule has 18 heavy (non-hydrogen) atoms. The monoisotopic (exact) mass is 248 g/mol. The van der Waals surface area contributed by atoms with Crippen LogP contribution in [-0.4, -0.2) is 24.1 Å². The molecule has 2 rings (SSSR count). The zero-order valence-electron chi connectivity index (χ0n) is 9.97. The minimum atomic E-state index is -0.511. The summed E-state index contributed by atoms with van der Waals surface area (Å²) in [6, 6.07) is 5.38. The summed E-state index contributed by atoms with van der Waals surface area (Å²) in [5, 5.41) is 11.1. The molecule has 94 valence electrons. The van der Waals surface area contributed by atoms with E-state index in [2.05, 4.69) is 4.98 Å². The van der Waals surface area contributed by atoms with Crippen LogP contribution in [0.25, 0.3) is 17.0 Å². The lowest BCUT2D eigenvalue weighted by molar-refractivity contribution is -0.400. The molecule has 0 unspecified atom stereocenters. The largest absolute Gasteiger partial charge is 0.493 e. The van der Waals surface area contributed by atoms with Crippen molar-refractivity contribution in [2.75, 3.05) is 14.2 Å². The summed E-state index contributed by atoms with van der Waals surface area (Å²) >= 11 is 0. The SMILES string of the molecule is COc1ccc2[nH]c(/C=C/[N+](=O)[O-])cc2c1OC. The molecule has 0 bridgehead atoms. The molecule has 0 aliphatic heterocycles. The Labute approximate surface area is 103 Å². The molecule has 0 amide bonds. The van der Waals surface area contributed by atoms with E-state index in [-0.39, 0.29) is 0 Å². The van der Waals surface area contributed by atoms with E-state index in [4.69, 9.17) is 9.47 Å². The Morgan fingerprint density at radius 2 is 2.11 bits per heavy atom. The second-order valence-electron chi connectivity index (χ2n) is 3.59. The van der Waals surface area contributed by atoms with Crippen LogP contribution in [0.2, 0.25) is 0 Å². The van der Waals surface area contributed by atoms with Gasteiger partial charge in [-0.25, -0.2) is 0 Å². The average Bonchev–Trinajstić information content (AvgIpc) is 2.77. The summed E-state index contributed by atoms with van der Waals surface area (Å²) < 4.78 is 10.5. The van der Waals surface area contributed by atoms with Gasteiger partial charge in [-0.2, -0.15) is 0 Å². The molecule has 0 saturated heterocycles. The number of ether oxygens (including phenoxy) is 2. The molecule has 0 saturated carbocycles. The van der Waals surface area contributed by atoms with Crippen LogP contribution in [0.3, 0.4) is 0 Å². The number of fused-ring (bicyclic) bond motifs is 1. The molecule has 0 spiro atoms. The topological polar surface area (TPSA) is 77.4 Å². The van der Waals surface area contributed by atoms with Crippen molar-refractivity contribution in [2.45, 2.75) is 0 Å². The fourth-order valence-electron chi connectivity index (χ4n) is 1.78. The van der Waals surface area contributed by atoms with E-state index < -0.39 is 4.92 Å². The fourth-order valence-corrected chi connectivity index (χ4v) is 1.78. The maximum absolute atomic E-state index is 10.3. The van der Waals surface area contributed by atoms with E-state index in [1.807, 2.05) is 6.07 Å². The van der Waals surface area contributed by atoms with Crippen molar-refractivity contribution < 1.29 is 14.4 Å².